The zero-order chi connectivity index (χ0) is 12.3. The Morgan fingerprint density at radius 1 is 1.24 bits per heavy atom. The molecule has 0 atom stereocenters. The first-order valence-electron chi connectivity index (χ1n) is 5.16. The summed E-state index contributed by atoms with van der Waals surface area (Å²) >= 11 is 0. The van der Waals surface area contributed by atoms with Gasteiger partial charge in [0, 0.05) is 6.20 Å². The number of halogens is 1. The molecule has 17 heavy (non-hydrogen) atoms. The molecule has 1 aromatic carbocycles. The van der Waals surface area contributed by atoms with Crippen molar-refractivity contribution < 1.29 is 9.18 Å². The van der Waals surface area contributed by atoms with E-state index < -0.39 is 11.7 Å². The van der Waals surface area contributed by atoms with Gasteiger partial charge in [0.05, 0.1) is 5.56 Å². The van der Waals surface area contributed by atoms with Gasteiger partial charge in [-0.3, -0.25) is 4.79 Å². The summed E-state index contributed by atoms with van der Waals surface area (Å²) in [6, 6.07) is 9.84. The summed E-state index contributed by atoms with van der Waals surface area (Å²) in [4.78, 5) is 15.7. The molecule has 0 radical (unpaired) electrons. The van der Waals surface area contributed by atoms with Crippen LogP contribution in [-0.2, 0) is 0 Å². The van der Waals surface area contributed by atoms with E-state index in [9.17, 15) is 9.18 Å². The van der Waals surface area contributed by atoms with Crippen LogP contribution in [0.5, 0.6) is 0 Å². The van der Waals surface area contributed by atoms with Crippen LogP contribution < -0.4 is 5.32 Å². The maximum atomic E-state index is 13.7. The van der Waals surface area contributed by atoms with Crippen LogP contribution in [0.2, 0.25) is 0 Å². The minimum Gasteiger partial charge on any atom is -0.306 e. The van der Waals surface area contributed by atoms with E-state index >= 15 is 0 Å². The Hall–Kier alpha value is -2.23. The first kappa shape index (κ1) is 11.3. The summed E-state index contributed by atoms with van der Waals surface area (Å²) in [7, 11) is 0. The monoisotopic (exact) mass is 230 g/mol. The first-order chi connectivity index (χ1) is 8.18. The van der Waals surface area contributed by atoms with Gasteiger partial charge in [-0.05, 0) is 30.7 Å². The first-order valence-corrected chi connectivity index (χ1v) is 5.16. The zero-order valence-electron chi connectivity index (χ0n) is 9.27. The normalized spacial score (nSPS) is 10.0. The van der Waals surface area contributed by atoms with E-state index in [0.29, 0.717) is 11.4 Å². The van der Waals surface area contributed by atoms with Crippen molar-refractivity contribution in [3.63, 3.8) is 0 Å². The van der Waals surface area contributed by atoms with Gasteiger partial charge in [0.2, 0.25) is 0 Å². The number of hydrogen-bond acceptors (Lipinski definition) is 2. The highest BCUT2D eigenvalue weighted by molar-refractivity contribution is 6.04. The quantitative estimate of drug-likeness (QED) is 0.861. The van der Waals surface area contributed by atoms with Gasteiger partial charge in [-0.15, -0.1) is 0 Å². The third-order valence-corrected chi connectivity index (χ3v) is 2.34. The Balaban J connectivity index is 2.24. The number of carbonyl (C=O) groups excluding carboxylic acids is 1. The van der Waals surface area contributed by atoms with E-state index in [1.807, 2.05) is 0 Å². The molecule has 0 bridgehead atoms. The Kier molecular flexibility index (Phi) is 3.14. The molecule has 1 heterocycles. The number of nitrogens with one attached hydrogen (secondary N) is 1. The predicted molar refractivity (Wildman–Crippen MR) is 63.3 cm³/mol. The zero-order valence-corrected chi connectivity index (χ0v) is 9.27. The van der Waals surface area contributed by atoms with Crippen LogP contribution in [0.1, 0.15) is 15.9 Å². The number of aryl methyl sites for hydroxylation is 1. The average Bonchev–Trinajstić information content (AvgIpc) is 2.34. The minimum atomic E-state index is -0.499. The Labute approximate surface area is 98.3 Å². The molecule has 2 rings (SSSR count). The molecule has 86 valence electrons. The number of carbonyl (C=O) groups is 1. The van der Waals surface area contributed by atoms with E-state index in [1.54, 1.807) is 43.5 Å². The van der Waals surface area contributed by atoms with Crippen LogP contribution in [0.3, 0.4) is 0 Å². The maximum absolute atomic E-state index is 13.7. The SMILES string of the molecule is Cc1cccc(C(=O)Nc2ccccn2)c1F. The van der Waals surface area contributed by atoms with E-state index in [2.05, 4.69) is 10.3 Å². The van der Waals surface area contributed by atoms with Crippen LogP contribution >= 0.6 is 0 Å². The summed E-state index contributed by atoms with van der Waals surface area (Å²) in [5.41, 5.74) is 0.467. The van der Waals surface area contributed by atoms with E-state index in [4.69, 9.17) is 0 Å². The summed E-state index contributed by atoms with van der Waals surface area (Å²) in [6.45, 7) is 1.62. The Bertz CT molecular complexity index is 540. The van der Waals surface area contributed by atoms with E-state index in [0.717, 1.165) is 0 Å². The lowest BCUT2D eigenvalue weighted by molar-refractivity contribution is 0.102. The molecule has 0 saturated carbocycles. The fraction of sp³-hybridized carbons (Fsp3) is 0.0769. The third kappa shape index (κ3) is 2.47. The average molecular weight is 230 g/mol. The van der Waals surface area contributed by atoms with Crippen molar-refractivity contribution in [1.29, 1.82) is 0 Å². The van der Waals surface area contributed by atoms with Gasteiger partial charge in [0.1, 0.15) is 11.6 Å². The Morgan fingerprint density at radius 2 is 2.06 bits per heavy atom. The molecule has 0 spiro atoms. The van der Waals surface area contributed by atoms with Crippen LogP contribution in [0, 0.1) is 12.7 Å². The number of hydrogen-bond donors (Lipinski definition) is 1. The van der Waals surface area contributed by atoms with Crippen molar-refractivity contribution in [3.8, 4) is 0 Å². The van der Waals surface area contributed by atoms with Gasteiger partial charge in [0.25, 0.3) is 5.91 Å². The number of aromatic nitrogens is 1. The molecular formula is C13H11FN2O. The molecule has 0 aliphatic heterocycles. The number of anilines is 1. The number of benzene rings is 1. The predicted octanol–water partition coefficient (Wildman–Crippen LogP) is 2.78. The molecule has 2 aromatic rings. The minimum absolute atomic E-state index is 0.0238. The van der Waals surface area contributed by atoms with E-state index in [-0.39, 0.29) is 5.56 Å². The second kappa shape index (κ2) is 4.74. The molecule has 0 unspecified atom stereocenters. The van der Waals surface area contributed by atoms with Gasteiger partial charge in [0.15, 0.2) is 0 Å². The fourth-order valence-electron chi connectivity index (χ4n) is 1.44. The van der Waals surface area contributed by atoms with Crippen molar-refractivity contribution in [1.82, 2.24) is 4.98 Å². The van der Waals surface area contributed by atoms with Crippen LogP contribution in [0.15, 0.2) is 42.6 Å². The molecule has 0 saturated heterocycles. The van der Waals surface area contributed by atoms with Gasteiger partial charge < -0.3 is 5.32 Å². The van der Waals surface area contributed by atoms with Crippen LogP contribution in [-0.4, -0.2) is 10.9 Å². The number of amides is 1. The molecule has 1 aromatic heterocycles. The highest BCUT2D eigenvalue weighted by Gasteiger charge is 2.13. The summed E-state index contributed by atoms with van der Waals surface area (Å²) in [5.74, 6) is -0.593. The van der Waals surface area contributed by atoms with Gasteiger partial charge in [-0.1, -0.05) is 18.2 Å². The van der Waals surface area contributed by atoms with Crippen molar-refractivity contribution in [3.05, 3.63) is 59.5 Å². The van der Waals surface area contributed by atoms with Gasteiger partial charge in [-0.25, -0.2) is 9.37 Å². The van der Waals surface area contributed by atoms with Crippen LogP contribution in [0.4, 0.5) is 10.2 Å². The third-order valence-electron chi connectivity index (χ3n) is 2.34. The smallest absolute Gasteiger partial charge is 0.259 e. The second-order valence-electron chi connectivity index (χ2n) is 3.61. The second-order valence-corrected chi connectivity index (χ2v) is 3.61. The molecule has 3 nitrogen and oxygen atoms in total. The number of rotatable bonds is 2. The van der Waals surface area contributed by atoms with Crippen LogP contribution in [0.25, 0.3) is 0 Å². The maximum Gasteiger partial charge on any atom is 0.259 e. The topological polar surface area (TPSA) is 42.0 Å². The summed E-state index contributed by atoms with van der Waals surface area (Å²) < 4.78 is 13.7. The standard InChI is InChI=1S/C13H11FN2O/c1-9-5-4-6-10(12(9)14)13(17)16-11-7-2-3-8-15-11/h2-8H,1H3,(H,15,16,17). The molecule has 1 amide bonds. The Morgan fingerprint density at radius 3 is 2.76 bits per heavy atom. The number of pyridine rings is 1. The van der Waals surface area contributed by atoms with Crippen molar-refractivity contribution in [2.24, 2.45) is 0 Å². The number of nitrogens with zero attached hydrogens (tertiary/aromatic N) is 1. The lowest BCUT2D eigenvalue weighted by Crippen LogP contribution is -2.15. The van der Waals surface area contributed by atoms with Crippen molar-refractivity contribution in [2.75, 3.05) is 5.32 Å². The summed E-state index contributed by atoms with van der Waals surface area (Å²) in [6.07, 6.45) is 1.56. The fourth-order valence-corrected chi connectivity index (χ4v) is 1.44. The molecule has 1 N–H and O–H groups in total. The van der Waals surface area contributed by atoms with Gasteiger partial charge in [-0.2, -0.15) is 0 Å². The lowest BCUT2D eigenvalue weighted by atomic mass is 10.1. The highest BCUT2D eigenvalue weighted by atomic mass is 19.1. The largest absolute Gasteiger partial charge is 0.306 e. The molecule has 0 fully saturated rings. The lowest BCUT2D eigenvalue weighted by Gasteiger charge is -2.06. The molecule has 0 aliphatic rings. The van der Waals surface area contributed by atoms with Crippen molar-refractivity contribution in [2.45, 2.75) is 6.92 Å². The molecular weight excluding hydrogens is 219 g/mol. The molecule has 4 heteroatoms. The highest BCUT2D eigenvalue weighted by Crippen LogP contribution is 2.13. The summed E-state index contributed by atoms with van der Waals surface area (Å²) in [5, 5.41) is 2.54. The van der Waals surface area contributed by atoms with Gasteiger partial charge >= 0.3 is 0 Å². The molecule has 0 aliphatic carbocycles. The van der Waals surface area contributed by atoms with Crippen molar-refractivity contribution >= 4 is 11.7 Å². The van der Waals surface area contributed by atoms with E-state index in [1.165, 1.54) is 6.07 Å².